The Morgan fingerprint density at radius 2 is 1.53 bits per heavy atom. The molecule has 1 unspecified atom stereocenters. The highest BCUT2D eigenvalue weighted by atomic mass is 16.5. The standard InChI is InChI=1S/C14H13NO2/c16-14(17)12-9-5-4-8-11(12)13(15-14)10-6-2-1-3-7-10/h1-9,13,15-17H. The van der Waals surface area contributed by atoms with Crippen molar-refractivity contribution in [3.63, 3.8) is 0 Å². The zero-order valence-electron chi connectivity index (χ0n) is 9.17. The number of hydrogen-bond donors (Lipinski definition) is 3. The molecule has 17 heavy (non-hydrogen) atoms. The van der Waals surface area contributed by atoms with Gasteiger partial charge in [-0.15, -0.1) is 0 Å². The van der Waals surface area contributed by atoms with Crippen molar-refractivity contribution < 1.29 is 10.2 Å². The Labute approximate surface area is 99.4 Å². The van der Waals surface area contributed by atoms with E-state index < -0.39 is 5.91 Å². The molecule has 2 aromatic rings. The maximum absolute atomic E-state index is 9.92. The van der Waals surface area contributed by atoms with Crippen LogP contribution >= 0.6 is 0 Å². The molecule has 1 heterocycles. The summed E-state index contributed by atoms with van der Waals surface area (Å²) < 4.78 is 0. The van der Waals surface area contributed by atoms with Crippen LogP contribution in [-0.4, -0.2) is 10.2 Å². The minimum atomic E-state index is -1.95. The van der Waals surface area contributed by atoms with Crippen LogP contribution in [0.25, 0.3) is 0 Å². The Morgan fingerprint density at radius 3 is 2.29 bits per heavy atom. The van der Waals surface area contributed by atoms with Gasteiger partial charge in [-0.05, 0) is 11.1 Å². The zero-order valence-corrected chi connectivity index (χ0v) is 9.17. The second-order valence-electron chi connectivity index (χ2n) is 4.25. The Hall–Kier alpha value is -1.68. The van der Waals surface area contributed by atoms with E-state index in [9.17, 15) is 10.2 Å². The fourth-order valence-corrected chi connectivity index (χ4v) is 2.33. The van der Waals surface area contributed by atoms with Crippen LogP contribution in [0.3, 0.4) is 0 Å². The minimum absolute atomic E-state index is 0.178. The lowest BCUT2D eigenvalue weighted by Crippen LogP contribution is -2.37. The third-order valence-corrected chi connectivity index (χ3v) is 3.13. The van der Waals surface area contributed by atoms with Gasteiger partial charge in [0.25, 0.3) is 5.91 Å². The first-order valence-electron chi connectivity index (χ1n) is 5.55. The molecule has 1 aliphatic rings. The van der Waals surface area contributed by atoms with Gasteiger partial charge in [-0.3, -0.25) is 5.32 Å². The van der Waals surface area contributed by atoms with Crippen molar-refractivity contribution in [2.24, 2.45) is 0 Å². The lowest BCUT2D eigenvalue weighted by molar-refractivity contribution is -0.190. The Kier molecular flexibility index (Phi) is 2.26. The molecule has 86 valence electrons. The number of rotatable bonds is 1. The largest absolute Gasteiger partial charge is 0.350 e. The van der Waals surface area contributed by atoms with Gasteiger partial charge in [0.2, 0.25) is 0 Å². The average molecular weight is 227 g/mol. The summed E-state index contributed by atoms with van der Waals surface area (Å²) in [5.41, 5.74) is 2.45. The van der Waals surface area contributed by atoms with Crippen LogP contribution in [0, 0.1) is 0 Å². The van der Waals surface area contributed by atoms with E-state index in [1.807, 2.05) is 42.5 Å². The van der Waals surface area contributed by atoms with Crippen LogP contribution in [0.15, 0.2) is 54.6 Å². The van der Waals surface area contributed by atoms with Crippen LogP contribution in [-0.2, 0) is 5.91 Å². The first-order chi connectivity index (χ1) is 8.18. The maximum atomic E-state index is 9.92. The molecule has 0 saturated heterocycles. The van der Waals surface area contributed by atoms with Gasteiger partial charge in [-0.25, -0.2) is 0 Å². The normalized spacial score (nSPS) is 21.2. The monoisotopic (exact) mass is 227 g/mol. The van der Waals surface area contributed by atoms with Gasteiger partial charge in [0.1, 0.15) is 0 Å². The second kappa shape index (κ2) is 3.67. The Bertz CT molecular complexity index is 537. The van der Waals surface area contributed by atoms with Crippen molar-refractivity contribution in [3.05, 3.63) is 71.3 Å². The molecule has 0 amide bonds. The molecule has 3 rings (SSSR count). The molecular formula is C14H13NO2. The average Bonchev–Trinajstić information content (AvgIpc) is 2.64. The Morgan fingerprint density at radius 1 is 0.882 bits per heavy atom. The van der Waals surface area contributed by atoms with Gasteiger partial charge >= 0.3 is 0 Å². The van der Waals surface area contributed by atoms with Gasteiger partial charge in [-0.2, -0.15) is 0 Å². The number of benzene rings is 2. The van der Waals surface area contributed by atoms with Gasteiger partial charge in [0, 0.05) is 5.56 Å². The predicted molar refractivity (Wildman–Crippen MR) is 64.0 cm³/mol. The topological polar surface area (TPSA) is 52.5 Å². The highest BCUT2D eigenvalue weighted by molar-refractivity contribution is 5.43. The molecule has 0 radical (unpaired) electrons. The molecule has 0 bridgehead atoms. The highest BCUT2D eigenvalue weighted by Gasteiger charge is 2.40. The van der Waals surface area contributed by atoms with E-state index in [1.165, 1.54) is 0 Å². The molecule has 3 heteroatoms. The lowest BCUT2D eigenvalue weighted by atomic mass is 9.98. The van der Waals surface area contributed by atoms with E-state index >= 15 is 0 Å². The summed E-state index contributed by atoms with van der Waals surface area (Å²) in [6, 6.07) is 16.9. The summed E-state index contributed by atoms with van der Waals surface area (Å²) in [6.07, 6.45) is 0. The van der Waals surface area contributed by atoms with Gasteiger partial charge < -0.3 is 10.2 Å². The summed E-state index contributed by atoms with van der Waals surface area (Å²) in [4.78, 5) is 0. The fourth-order valence-electron chi connectivity index (χ4n) is 2.33. The smallest absolute Gasteiger partial charge is 0.251 e. The molecular weight excluding hydrogens is 214 g/mol. The maximum Gasteiger partial charge on any atom is 0.251 e. The van der Waals surface area contributed by atoms with Crippen molar-refractivity contribution in [1.29, 1.82) is 0 Å². The molecule has 3 nitrogen and oxygen atoms in total. The summed E-state index contributed by atoms with van der Waals surface area (Å²) >= 11 is 0. The molecule has 3 N–H and O–H groups in total. The van der Waals surface area contributed by atoms with Gasteiger partial charge in [0.05, 0.1) is 6.04 Å². The van der Waals surface area contributed by atoms with E-state index in [2.05, 4.69) is 5.32 Å². The zero-order chi connectivity index (χ0) is 11.9. The number of nitrogens with one attached hydrogen (secondary N) is 1. The summed E-state index contributed by atoms with van der Waals surface area (Å²) in [7, 11) is 0. The van der Waals surface area contributed by atoms with Crippen LogP contribution in [0.5, 0.6) is 0 Å². The van der Waals surface area contributed by atoms with E-state index in [1.54, 1.807) is 12.1 Å². The first kappa shape index (κ1) is 10.5. The van der Waals surface area contributed by atoms with Crippen molar-refractivity contribution in [1.82, 2.24) is 5.32 Å². The number of hydrogen-bond acceptors (Lipinski definition) is 3. The van der Waals surface area contributed by atoms with Crippen molar-refractivity contribution >= 4 is 0 Å². The van der Waals surface area contributed by atoms with E-state index in [4.69, 9.17) is 0 Å². The molecule has 0 spiro atoms. The first-order valence-corrected chi connectivity index (χ1v) is 5.55. The van der Waals surface area contributed by atoms with Crippen molar-refractivity contribution in [3.8, 4) is 0 Å². The third kappa shape index (κ3) is 1.65. The number of fused-ring (bicyclic) bond motifs is 1. The molecule has 0 aliphatic carbocycles. The van der Waals surface area contributed by atoms with Crippen molar-refractivity contribution in [2.75, 3.05) is 0 Å². The summed E-state index contributed by atoms with van der Waals surface area (Å²) in [5.74, 6) is -1.95. The molecule has 2 aromatic carbocycles. The quantitative estimate of drug-likeness (QED) is 0.647. The molecule has 0 aromatic heterocycles. The molecule has 1 atom stereocenters. The lowest BCUT2D eigenvalue weighted by Gasteiger charge is -2.18. The fraction of sp³-hybridized carbons (Fsp3) is 0.143. The van der Waals surface area contributed by atoms with Crippen LogP contribution in [0.2, 0.25) is 0 Å². The van der Waals surface area contributed by atoms with E-state index in [-0.39, 0.29) is 6.04 Å². The summed E-state index contributed by atoms with van der Waals surface area (Å²) in [6.45, 7) is 0. The van der Waals surface area contributed by atoms with Crippen LogP contribution in [0.4, 0.5) is 0 Å². The van der Waals surface area contributed by atoms with Gasteiger partial charge in [-0.1, -0.05) is 54.6 Å². The second-order valence-corrected chi connectivity index (χ2v) is 4.25. The summed E-state index contributed by atoms with van der Waals surface area (Å²) in [5, 5.41) is 22.7. The minimum Gasteiger partial charge on any atom is -0.350 e. The predicted octanol–water partition coefficient (Wildman–Crippen LogP) is 1.47. The molecule has 0 saturated carbocycles. The van der Waals surface area contributed by atoms with Crippen LogP contribution in [0.1, 0.15) is 22.7 Å². The van der Waals surface area contributed by atoms with E-state index in [0.29, 0.717) is 5.56 Å². The highest BCUT2D eigenvalue weighted by Crippen LogP contribution is 2.37. The molecule has 0 fully saturated rings. The van der Waals surface area contributed by atoms with Crippen LogP contribution < -0.4 is 5.32 Å². The third-order valence-electron chi connectivity index (χ3n) is 3.13. The Balaban J connectivity index is 2.12. The molecule has 1 aliphatic heterocycles. The number of aliphatic hydroxyl groups is 2. The SMILES string of the molecule is OC1(O)NC(c2ccccc2)c2ccccc21. The van der Waals surface area contributed by atoms with E-state index in [0.717, 1.165) is 11.1 Å². The van der Waals surface area contributed by atoms with Crippen molar-refractivity contribution in [2.45, 2.75) is 12.0 Å². The van der Waals surface area contributed by atoms with Gasteiger partial charge in [0.15, 0.2) is 0 Å².